The number of amides is 1. The molecule has 0 N–H and O–H groups in total. The highest BCUT2D eigenvalue weighted by Crippen LogP contribution is 2.37. The molecule has 1 aliphatic heterocycles. The molecular weight excluding hydrogens is 470 g/mol. The zero-order valence-electron chi connectivity index (χ0n) is 22.6. The number of piperazine rings is 1. The lowest BCUT2D eigenvalue weighted by molar-refractivity contribution is 0.0699. The van der Waals surface area contributed by atoms with Crippen molar-refractivity contribution < 1.29 is 13.2 Å². The Labute approximate surface area is 215 Å². The molecule has 36 heavy (non-hydrogen) atoms. The zero-order valence-corrected chi connectivity index (χ0v) is 23.4. The maximum Gasteiger partial charge on any atom is 0.256 e. The molecule has 0 unspecified atom stereocenters. The number of rotatable bonds is 6. The SMILES string of the molecule is CC(C)c1cc(C(C)C)c(S(=O)(=O)N2CCN(C(=O)c3cn(C)c4ccccc34)CC2)c(C(C)C)c1. The van der Waals surface area contributed by atoms with Crippen LogP contribution in [-0.4, -0.2) is 54.3 Å². The quantitative estimate of drug-likeness (QED) is 0.429. The van der Waals surface area contributed by atoms with Crippen molar-refractivity contribution in [3.8, 4) is 0 Å². The summed E-state index contributed by atoms with van der Waals surface area (Å²) in [5.41, 5.74) is 4.62. The predicted octanol–water partition coefficient (Wildman–Crippen LogP) is 5.70. The molecule has 6 nitrogen and oxygen atoms in total. The molecular formula is C29H39N3O3S. The standard InChI is InChI=1S/C29H39N3O3S/c1-19(2)22-16-24(20(3)4)28(25(17-22)21(5)6)36(34,35)32-14-12-31(13-15-32)29(33)26-18-30(7)27-11-9-8-10-23(26)27/h8-11,16-21H,12-15H2,1-7H3. The highest BCUT2D eigenvalue weighted by Gasteiger charge is 2.35. The van der Waals surface area contributed by atoms with Gasteiger partial charge in [-0.3, -0.25) is 4.79 Å². The number of aryl methyl sites for hydroxylation is 1. The minimum absolute atomic E-state index is 0.0455. The first kappa shape index (κ1) is 26.4. The van der Waals surface area contributed by atoms with Gasteiger partial charge in [-0.05, 0) is 40.5 Å². The monoisotopic (exact) mass is 509 g/mol. The summed E-state index contributed by atoms with van der Waals surface area (Å²) in [6.45, 7) is 13.9. The number of sulfonamides is 1. The van der Waals surface area contributed by atoms with E-state index in [1.807, 2.05) is 42.1 Å². The summed E-state index contributed by atoms with van der Waals surface area (Å²) >= 11 is 0. The molecule has 0 bridgehead atoms. The van der Waals surface area contributed by atoms with Crippen LogP contribution in [0.3, 0.4) is 0 Å². The van der Waals surface area contributed by atoms with E-state index in [4.69, 9.17) is 0 Å². The molecule has 2 aromatic carbocycles. The molecule has 0 saturated carbocycles. The number of benzene rings is 2. The van der Waals surface area contributed by atoms with Crippen molar-refractivity contribution in [1.29, 1.82) is 0 Å². The molecule has 4 rings (SSSR count). The minimum atomic E-state index is -3.71. The fourth-order valence-corrected chi connectivity index (χ4v) is 7.22. The molecule has 3 aromatic rings. The number of carbonyl (C=O) groups excluding carboxylic acids is 1. The fourth-order valence-electron chi connectivity index (χ4n) is 5.13. The number of nitrogens with zero attached hydrogens (tertiary/aromatic N) is 3. The van der Waals surface area contributed by atoms with Gasteiger partial charge in [0, 0.05) is 50.3 Å². The molecule has 1 aromatic heterocycles. The third-order valence-corrected chi connectivity index (χ3v) is 9.36. The van der Waals surface area contributed by atoms with Crippen molar-refractivity contribution in [2.75, 3.05) is 26.2 Å². The first-order valence-electron chi connectivity index (χ1n) is 12.9. The number of aromatic nitrogens is 1. The van der Waals surface area contributed by atoms with Gasteiger partial charge in [-0.15, -0.1) is 0 Å². The van der Waals surface area contributed by atoms with Crippen molar-refractivity contribution >= 4 is 26.8 Å². The van der Waals surface area contributed by atoms with Crippen LogP contribution in [0.2, 0.25) is 0 Å². The second kappa shape index (κ2) is 10.0. The second-order valence-electron chi connectivity index (χ2n) is 10.9. The Bertz CT molecular complexity index is 1350. The van der Waals surface area contributed by atoms with Crippen LogP contribution in [-0.2, 0) is 17.1 Å². The maximum absolute atomic E-state index is 14.1. The molecule has 7 heteroatoms. The molecule has 194 valence electrons. The predicted molar refractivity (Wildman–Crippen MR) is 146 cm³/mol. The van der Waals surface area contributed by atoms with Crippen LogP contribution in [0.25, 0.3) is 10.9 Å². The molecule has 1 aliphatic rings. The van der Waals surface area contributed by atoms with Crippen LogP contribution in [0.5, 0.6) is 0 Å². The lowest BCUT2D eigenvalue weighted by Crippen LogP contribution is -2.50. The van der Waals surface area contributed by atoms with Gasteiger partial charge in [0.2, 0.25) is 10.0 Å². The smallest absolute Gasteiger partial charge is 0.256 e. The lowest BCUT2D eigenvalue weighted by atomic mass is 9.89. The summed E-state index contributed by atoms with van der Waals surface area (Å²) < 4.78 is 31.7. The lowest BCUT2D eigenvalue weighted by Gasteiger charge is -2.35. The normalized spacial score (nSPS) is 15.6. The van der Waals surface area contributed by atoms with Gasteiger partial charge in [0.15, 0.2) is 0 Å². The van der Waals surface area contributed by atoms with Crippen molar-refractivity contribution in [2.45, 2.75) is 64.2 Å². The van der Waals surface area contributed by atoms with E-state index in [0.29, 0.717) is 42.6 Å². The second-order valence-corrected chi connectivity index (χ2v) is 12.7. The molecule has 0 atom stereocenters. The topological polar surface area (TPSA) is 62.6 Å². The molecule has 1 saturated heterocycles. The highest BCUT2D eigenvalue weighted by atomic mass is 32.2. The first-order chi connectivity index (χ1) is 16.9. The Morgan fingerprint density at radius 3 is 1.92 bits per heavy atom. The summed E-state index contributed by atoms with van der Waals surface area (Å²) in [7, 11) is -1.77. The molecule has 2 heterocycles. The van der Waals surface area contributed by atoms with Crippen molar-refractivity contribution in [1.82, 2.24) is 13.8 Å². The largest absolute Gasteiger partial charge is 0.350 e. The van der Waals surface area contributed by atoms with Gasteiger partial charge in [-0.25, -0.2) is 8.42 Å². The first-order valence-corrected chi connectivity index (χ1v) is 14.4. The number of fused-ring (bicyclic) bond motifs is 1. The van der Waals surface area contributed by atoms with E-state index >= 15 is 0 Å². The summed E-state index contributed by atoms with van der Waals surface area (Å²) in [6, 6.07) is 12.0. The Morgan fingerprint density at radius 1 is 0.833 bits per heavy atom. The third kappa shape index (κ3) is 4.71. The van der Waals surface area contributed by atoms with Gasteiger partial charge in [0.05, 0.1) is 10.5 Å². The van der Waals surface area contributed by atoms with Gasteiger partial charge in [0.25, 0.3) is 5.91 Å². The summed E-state index contributed by atoms with van der Waals surface area (Å²) in [5, 5.41) is 0.924. The van der Waals surface area contributed by atoms with Gasteiger partial charge in [0.1, 0.15) is 0 Å². The number of carbonyl (C=O) groups is 1. The van der Waals surface area contributed by atoms with Crippen molar-refractivity contribution in [3.63, 3.8) is 0 Å². The number of hydrogen-bond acceptors (Lipinski definition) is 3. The van der Waals surface area contributed by atoms with Gasteiger partial charge < -0.3 is 9.47 Å². The summed E-state index contributed by atoms with van der Waals surface area (Å²) in [5.74, 6) is 0.441. The molecule has 0 aliphatic carbocycles. The highest BCUT2D eigenvalue weighted by molar-refractivity contribution is 7.89. The van der Waals surface area contributed by atoms with E-state index in [0.717, 1.165) is 22.0 Å². The maximum atomic E-state index is 14.1. The van der Waals surface area contributed by atoms with E-state index in [1.54, 1.807) is 9.21 Å². The van der Waals surface area contributed by atoms with Crippen LogP contribution < -0.4 is 0 Å². The van der Waals surface area contributed by atoms with E-state index in [9.17, 15) is 13.2 Å². The molecule has 0 radical (unpaired) electrons. The Balaban J connectivity index is 1.63. The van der Waals surface area contributed by atoms with E-state index in [1.165, 1.54) is 5.56 Å². The number of hydrogen-bond donors (Lipinski definition) is 0. The van der Waals surface area contributed by atoms with Crippen molar-refractivity contribution in [3.05, 3.63) is 64.8 Å². The van der Waals surface area contributed by atoms with E-state index < -0.39 is 10.0 Å². The Morgan fingerprint density at radius 2 is 1.39 bits per heavy atom. The van der Waals surface area contributed by atoms with E-state index in [2.05, 4.69) is 53.7 Å². The Kier molecular flexibility index (Phi) is 7.35. The fraction of sp³-hybridized carbons (Fsp3) is 0.483. The molecule has 0 spiro atoms. The average Bonchev–Trinajstić information content (AvgIpc) is 3.19. The minimum Gasteiger partial charge on any atom is -0.350 e. The van der Waals surface area contributed by atoms with Crippen LogP contribution >= 0.6 is 0 Å². The van der Waals surface area contributed by atoms with Gasteiger partial charge in [-0.2, -0.15) is 4.31 Å². The van der Waals surface area contributed by atoms with Crippen LogP contribution in [0.4, 0.5) is 0 Å². The van der Waals surface area contributed by atoms with Crippen LogP contribution in [0, 0.1) is 0 Å². The Hall–Kier alpha value is -2.64. The van der Waals surface area contributed by atoms with Gasteiger partial charge >= 0.3 is 0 Å². The van der Waals surface area contributed by atoms with Crippen LogP contribution in [0.1, 0.15) is 86.3 Å². The third-order valence-electron chi connectivity index (χ3n) is 7.33. The summed E-state index contributed by atoms with van der Waals surface area (Å²) in [4.78, 5) is 15.6. The van der Waals surface area contributed by atoms with Gasteiger partial charge in [-0.1, -0.05) is 71.9 Å². The number of para-hydroxylation sites is 1. The zero-order chi connectivity index (χ0) is 26.4. The van der Waals surface area contributed by atoms with E-state index in [-0.39, 0.29) is 17.7 Å². The summed E-state index contributed by atoms with van der Waals surface area (Å²) in [6.07, 6.45) is 1.87. The van der Waals surface area contributed by atoms with Crippen molar-refractivity contribution in [2.24, 2.45) is 7.05 Å². The average molecular weight is 510 g/mol. The molecule has 1 fully saturated rings. The molecule has 1 amide bonds. The van der Waals surface area contributed by atoms with Crippen LogP contribution in [0.15, 0.2) is 47.5 Å².